The van der Waals surface area contributed by atoms with Crippen LogP contribution in [0.3, 0.4) is 0 Å². The van der Waals surface area contributed by atoms with Crippen LogP contribution in [-0.2, 0) is 13.1 Å². The number of nitrogens with zero attached hydrogens (tertiary/aromatic N) is 2. The molecule has 0 aliphatic rings. The lowest BCUT2D eigenvalue weighted by Crippen LogP contribution is -3.00. The molecule has 0 unspecified atom stereocenters. The van der Waals surface area contributed by atoms with Gasteiger partial charge in [-0.25, -0.2) is 9.13 Å². The number of aromatic nitrogens is 2. The molecular formula is C18H26I2N2. The third-order valence-corrected chi connectivity index (χ3v) is 3.70. The van der Waals surface area contributed by atoms with Crippen LogP contribution in [0, 0.1) is 13.8 Å². The molecule has 0 N–H and O–H groups in total. The minimum atomic E-state index is 0. The van der Waals surface area contributed by atoms with Crippen molar-refractivity contribution in [3.8, 4) is 0 Å². The van der Waals surface area contributed by atoms with E-state index in [0.717, 1.165) is 13.1 Å². The van der Waals surface area contributed by atoms with Crippen molar-refractivity contribution in [1.82, 2.24) is 0 Å². The minimum Gasteiger partial charge on any atom is -1.00 e. The standard InChI is InChI=1S/C18H26N2.2HI/c1-17-7-13-19(14-8-17)11-5-3-4-6-12-20-15-9-18(2)10-16-20;;/h7-10,13-16H,3-6,11-12H2,1-2H3;2*1H/q+2;;/p-2. The third-order valence-electron chi connectivity index (χ3n) is 3.70. The van der Waals surface area contributed by atoms with Gasteiger partial charge in [-0.3, -0.25) is 0 Å². The Bertz CT molecular complexity index is 460. The Labute approximate surface area is 169 Å². The lowest BCUT2D eigenvalue weighted by atomic mass is 10.2. The van der Waals surface area contributed by atoms with E-state index in [1.54, 1.807) is 0 Å². The molecule has 0 amide bonds. The molecular weight excluding hydrogens is 498 g/mol. The van der Waals surface area contributed by atoms with Crippen molar-refractivity contribution in [2.45, 2.75) is 52.6 Å². The molecule has 0 aliphatic carbocycles. The van der Waals surface area contributed by atoms with Crippen LogP contribution in [0.5, 0.6) is 0 Å². The Balaban J connectivity index is 0.00000220. The summed E-state index contributed by atoms with van der Waals surface area (Å²) in [6, 6.07) is 8.70. The molecule has 2 aromatic rings. The Morgan fingerprint density at radius 2 is 0.909 bits per heavy atom. The molecule has 0 fully saturated rings. The van der Waals surface area contributed by atoms with E-state index in [4.69, 9.17) is 0 Å². The maximum absolute atomic E-state index is 2.28. The molecule has 2 rings (SSSR count). The predicted molar refractivity (Wildman–Crippen MR) is 81.2 cm³/mol. The summed E-state index contributed by atoms with van der Waals surface area (Å²) in [6.45, 7) is 6.54. The highest BCUT2D eigenvalue weighted by Gasteiger charge is 2.01. The van der Waals surface area contributed by atoms with Gasteiger partial charge in [-0.15, -0.1) is 0 Å². The topological polar surface area (TPSA) is 7.76 Å². The molecule has 22 heavy (non-hydrogen) atoms. The number of unbranched alkanes of at least 4 members (excludes halogenated alkanes) is 3. The number of halogens is 2. The zero-order valence-corrected chi connectivity index (χ0v) is 17.8. The second-order valence-corrected chi connectivity index (χ2v) is 5.64. The monoisotopic (exact) mass is 524 g/mol. The lowest BCUT2D eigenvalue weighted by Gasteiger charge is -1.99. The molecule has 0 saturated heterocycles. The zero-order valence-electron chi connectivity index (χ0n) is 13.5. The van der Waals surface area contributed by atoms with Gasteiger partial charge in [0.25, 0.3) is 0 Å². The van der Waals surface area contributed by atoms with Gasteiger partial charge in [0.15, 0.2) is 24.8 Å². The van der Waals surface area contributed by atoms with Crippen LogP contribution in [0.1, 0.15) is 36.8 Å². The highest BCUT2D eigenvalue weighted by Crippen LogP contribution is 2.00. The fourth-order valence-corrected chi connectivity index (χ4v) is 2.30. The molecule has 0 spiro atoms. The Morgan fingerprint density at radius 1 is 0.591 bits per heavy atom. The van der Waals surface area contributed by atoms with E-state index < -0.39 is 0 Å². The summed E-state index contributed by atoms with van der Waals surface area (Å²) in [4.78, 5) is 0. The summed E-state index contributed by atoms with van der Waals surface area (Å²) in [7, 11) is 0. The highest BCUT2D eigenvalue weighted by molar-refractivity contribution is 5.03. The second kappa shape index (κ2) is 12.2. The van der Waals surface area contributed by atoms with Crippen molar-refractivity contribution < 1.29 is 57.1 Å². The van der Waals surface area contributed by atoms with Crippen LogP contribution in [0.4, 0.5) is 0 Å². The average Bonchev–Trinajstić information content (AvgIpc) is 2.46. The van der Waals surface area contributed by atoms with E-state index >= 15 is 0 Å². The van der Waals surface area contributed by atoms with Crippen LogP contribution in [0.25, 0.3) is 0 Å². The van der Waals surface area contributed by atoms with Gasteiger partial charge in [-0.1, -0.05) is 0 Å². The quantitative estimate of drug-likeness (QED) is 0.210. The number of pyridine rings is 2. The van der Waals surface area contributed by atoms with Crippen LogP contribution in [-0.4, -0.2) is 0 Å². The fourth-order valence-electron chi connectivity index (χ4n) is 2.30. The van der Waals surface area contributed by atoms with Gasteiger partial charge in [0.2, 0.25) is 0 Å². The second-order valence-electron chi connectivity index (χ2n) is 5.64. The molecule has 4 heteroatoms. The van der Waals surface area contributed by atoms with Crippen molar-refractivity contribution in [2.24, 2.45) is 0 Å². The Hall–Kier alpha value is -0.240. The molecule has 2 nitrogen and oxygen atoms in total. The first-order valence-corrected chi connectivity index (χ1v) is 7.65. The number of aryl methyl sites for hydroxylation is 4. The van der Waals surface area contributed by atoms with Gasteiger partial charge in [-0.2, -0.15) is 0 Å². The van der Waals surface area contributed by atoms with Gasteiger partial charge >= 0.3 is 0 Å². The average molecular weight is 524 g/mol. The molecule has 0 aromatic carbocycles. The highest BCUT2D eigenvalue weighted by atomic mass is 127. The van der Waals surface area contributed by atoms with Crippen molar-refractivity contribution in [3.63, 3.8) is 0 Å². The maximum atomic E-state index is 2.28. The summed E-state index contributed by atoms with van der Waals surface area (Å²) in [5.41, 5.74) is 2.66. The first-order chi connectivity index (χ1) is 9.74. The summed E-state index contributed by atoms with van der Waals surface area (Å²) in [5, 5.41) is 0. The summed E-state index contributed by atoms with van der Waals surface area (Å²) in [5.74, 6) is 0. The van der Waals surface area contributed by atoms with Gasteiger partial charge in [0, 0.05) is 37.1 Å². The normalized spacial score (nSPS) is 9.73. The van der Waals surface area contributed by atoms with Crippen LogP contribution < -0.4 is 57.1 Å². The molecule has 2 aromatic heterocycles. The molecule has 0 radical (unpaired) electrons. The van der Waals surface area contributed by atoms with Crippen molar-refractivity contribution >= 4 is 0 Å². The largest absolute Gasteiger partial charge is 1.00 e. The van der Waals surface area contributed by atoms with Crippen molar-refractivity contribution in [2.75, 3.05) is 0 Å². The van der Waals surface area contributed by atoms with E-state index in [1.807, 2.05) is 0 Å². The van der Waals surface area contributed by atoms with E-state index in [-0.39, 0.29) is 48.0 Å². The summed E-state index contributed by atoms with van der Waals surface area (Å²) in [6.07, 6.45) is 13.9. The van der Waals surface area contributed by atoms with E-state index in [1.165, 1.54) is 36.8 Å². The van der Waals surface area contributed by atoms with Crippen LogP contribution >= 0.6 is 0 Å². The van der Waals surface area contributed by atoms with Crippen molar-refractivity contribution in [1.29, 1.82) is 0 Å². The summed E-state index contributed by atoms with van der Waals surface area (Å²) < 4.78 is 4.56. The van der Waals surface area contributed by atoms with Crippen LogP contribution in [0.15, 0.2) is 49.1 Å². The van der Waals surface area contributed by atoms with Gasteiger partial charge in [0.05, 0.1) is 0 Å². The number of hydrogen-bond acceptors (Lipinski definition) is 0. The summed E-state index contributed by atoms with van der Waals surface area (Å²) >= 11 is 0. The number of hydrogen-bond donors (Lipinski definition) is 0. The molecule has 0 atom stereocenters. The first kappa shape index (κ1) is 21.8. The minimum absolute atomic E-state index is 0. The van der Waals surface area contributed by atoms with Gasteiger partial charge < -0.3 is 48.0 Å². The fraction of sp³-hybridized carbons (Fsp3) is 0.444. The van der Waals surface area contributed by atoms with E-state index in [2.05, 4.69) is 72.0 Å². The van der Waals surface area contributed by atoms with Crippen LogP contribution in [0.2, 0.25) is 0 Å². The molecule has 0 bridgehead atoms. The molecule has 122 valence electrons. The first-order valence-electron chi connectivity index (χ1n) is 7.65. The maximum Gasteiger partial charge on any atom is 0.169 e. The number of rotatable bonds is 7. The van der Waals surface area contributed by atoms with Crippen molar-refractivity contribution in [3.05, 3.63) is 60.2 Å². The smallest absolute Gasteiger partial charge is 0.169 e. The Morgan fingerprint density at radius 3 is 1.23 bits per heavy atom. The molecule has 2 heterocycles. The van der Waals surface area contributed by atoms with Gasteiger partial charge in [0.1, 0.15) is 13.1 Å². The molecule has 0 aliphatic heterocycles. The van der Waals surface area contributed by atoms with E-state index in [9.17, 15) is 0 Å². The predicted octanol–water partition coefficient (Wildman–Crippen LogP) is -2.85. The van der Waals surface area contributed by atoms with E-state index in [0.29, 0.717) is 0 Å². The lowest BCUT2D eigenvalue weighted by molar-refractivity contribution is -0.698. The zero-order chi connectivity index (χ0) is 14.2. The Kier molecular flexibility index (Phi) is 12.1. The van der Waals surface area contributed by atoms with Gasteiger partial charge in [-0.05, 0) is 37.8 Å². The third kappa shape index (κ3) is 8.41. The SMILES string of the molecule is Cc1cc[n+](CCCCCC[n+]2ccc(C)cc2)cc1.[I-].[I-]. The molecule has 0 saturated carbocycles.